The number of aromatic nitrogens is 4. The number of halogens is 1. The topological polar surface area (TPSA) is 112 Å². The van der Waals surface area contributed by atoms with Crippen LogP contribution in [-0.2, 0) is 9.47 Å². The first kappa shape index (κ1) is 24.4. The van der Waals surface area contributed by atoms with Gasteiger partial charge >= 0.3 is 0 Å². The zero-order valence-electron chi connectivity index (χ0n) is 19.1. The van der Waals surface area contributed by atoms with Gasteiger partial charge in [-0.1, -0.05) is 11.6 Å². The number of benzene rings is 1. The molecule has 10 nitrogen and oxygen atoms in total. The highest BCUT2D eigenvalue weighted by Gasteiger charge is 2.16. The van der Waals surface area contributed by atoms with Crippen LogP contribution in [0.5, 0.6) is 5.75 Å². The van der Waals surface area contributed by atoms with Crippen LogP contribution in [0.1, 0.15) is 30.2 Å². The van der Waals surface area contributed by atoms with Crippen LogP contribution in [0.4, 0.5) is 11.6 Å². The molecule has 2 heterocycles. The molecule has 1 amide bonds. The van der Waals surface area contributed by atoms with Gasteiger partial charge in [0.15, 0.2) is 6.29 Å². The fourth-order valence-electron chi connectivity index (χ4n) is 2.98. The van der Waals surface area contributed by atoms with Gasteiger partial charge in [-0.2, -0.15) is 5.10 Å². The van der Waals surface area contributed by atoms with Crippen LogP contribution < -0.4 is 15.4 Å². The molecular weight excluding hydrogens is 448 g/mol. The summed E-state index contributed by atoms with van der Waals surface area (Å²) in [6.45, 7) is 4.27. The molecule has 0 spiro atoms. The molecule has 0 saturated heterocycles. The molecular formula is C22H27ClN6O4. The van der Waals surface area contributed by atoms with Crippen LogP contribution >= 0.6 is 11.6 Å². The van der Waals surface area contributed by atoms with Crippen molar-refractivity contribution in [3.05, 3.63) is 47.2 Å². The number of carbonyl (C=O) groups excluding carboxylic acids is 1. The first-order valence-electron chi connectivity index (χ1n) is 10.2. The monoisotopic (exact) mass is 474 g/mol. The van der Waals surface area contributed by atoms with Crippen molar-refractivity contribution in [2.24, 2.45) is 0 Å². The fraction of sp³-hybridized carbons (Fsp3) is 0.364. The second-order valence-electron chi connectivity index (χ2n) is 7.32. The number of carbonyl (C=O) groups is 1. The lowest BCUT2D eigenvalue weighted by atomic mass is 10.1. The number of methoxy groups -OCH3 is 3. The lowest BCUT2D eigenvalue weighted by Crippen LogP contribution is -2.34. The van der Waals surface area contributed by atoms with Crippen LogP contribution in [0.15, 0.2) is 36.7 Å². The smallest absolute Gasteiger partial charge is 0.255 e. The molecule has 2 aromatic heterocycles. The van der Waals surface area contributed by atoms with E-state index < -0.39 is 6.29 Å². The Morgan fingerprint density at radius 1 is 1.18 bits per heavy atom. The fourth-order valence-corrected chi connectivity index (χ4v) is 3.17. The van der Waals surface area contributed by atoms with Gasteiger partial charge in [-0.3, -0.25) is 9.48 Å². The van der Waals surface area contributed by atoms with Crippen molar-refractivity contribution in [2.45, 2.75) is 26.2 Å². The van der Waals surface area contributed by atoms with Gasteiger partial charge in [0.1, 0.15) is 17.1 Å². The van der Waals surface area contributed by atoms with Crippen molar-refractivity contribution in [1.82, 2.24) is 25.1 Å². The molecule has 2 N–H and O–H groups in total. The highest BCUT2D eigenvalue weighted by molar-refractivity contribution is 6.32. The van der Waals surface area contributed by atoms with E-state index in [1.807, 2.05) is 30.8 Å². The van der Waals surface area contributed by atoms with Crippen LogP contribution in [0.3, 0.4) is 0 Å². The van der Waals surface area contributed by atoms with Gasteiger partial charge in [-0.05, 0) is 32.0 Å². The second kappa shape index (κ2) is 11.1. The molecule has 0 atom stereocenters. The van der Waals surface area contributed by atoms with Crippen molar-refractivity contribution in [2.75, 3.05) is 33.2 Å². The van der Waals surface area contributed by atoms with Gasteiger partial charge in [0.05, 0.1) is 30.4 Å². The Kier molecular flexibility index (Phi) is 8.21. The average Bonchev–Trinajstić information content (AvgIpc) is 3.31. The molecule has 0 radical (unpaired) electrons. The van der Waals surface area contributed by atoms with E-state index in [4.69, 9.17) is 25.8 Å². The van der Waals surface area contributed by atoms with Gasteiger partial charge in [-0.15, -0.1) is 0 Å². The molecule has 0 aliphatic heterocycles. The summed E-state index contributed by atoms with van der Waals surface area (Å²) < 4.78 is 17.4. The number of hydrogen-bond acceptors (Lipinski definition) is 8. The number of nitrogens with zero attached hydrogens (tertiary/aromatic N) is 4. The van der Waals surface area contributed by atoms with Crippen LogP contribution in [0.25, 0.3) is 11.4 Å². The van der Waals surface area contributed by atoms with E-state index in [0.29, 0.717) is 39.4 Å². The zero-order chi connectivity index (χ0) is 24.0. The van der Waals surface area contributed by atoms with Crippen molar-refractivity contribution in [3.63, 3.8) is 0 Å². The normalized spacial score (nSPS) is 11.2. The Labute approximate surface area is 197 Å². The summed E-state index contributed by atoms with van der Waals surface area (Å²) in [7, 11) is 4.49. The van der Waals surface area contributed by atoms with Crippen molar-refractivity contribution < 1.29 is 19.0 Å². The van der Waals surface area contributed by atoms with E-state index in [9.17, 15) is 4.79 Å². The Balaban J connectivity index is 1.78. The van der Waals surface area contributed by atoms with Gasteiger partial charge in [0, 0.05) is 38.2 Å². The maximum absolute atomic E-state index is 12.5. The number of nitrogens with one attached hydrogen (secondary N) is 2. The van der Waals surface area contributed by atoms with E-state index in [1.54, 1.807) is 18.2 Å². The zero-order valence-corrected chi connectivity index (χ0v) is 19.9. The first-order chi connectivity index (χ1) is 15.9. The third-order valence-corrected chi connectivity index (χ3v) is 5.06. The van der Waals surface area contributed by atoms with Gasteiger partial charge in [0.2, 0.25) is 5.95 Å². The summed E-state index contributed by atoms with van der Waals surface area (Å²) in [6, 6.07) is 7.13. The SMILES string of the molecule is COc1cc(Nc2ncc(Cl)c(-c3ccn(C(C)C)n3)n2)ccc1C(=O)NCC(OC)OC. The minimum atomic E-state index is -0.538. The number of anilines is 2. The summed E-state index contributed by atoms with van der Waals surface area (Å²) in [6.07, 6.45) is 2.85. The van der Waals surface area contributed by atoms with Crippen LogP contribution in [0, 0.1) is 0 Å². The van der Waals surface area contributed by atoms with E-state index in [0.717, 1.165) is 0 Å². The third kappa shape index (κ3) is 5.98. The largest absolute Gasteiger partial charge is 0.496 e. The van der Waals surface area contributed by atoms with Gasteiger partial charge in [0.25, 0.3) is 5.91 Å². The Morgan fingerprint density at radius 3 is 2.58 bits per heavy atom. The number of ether oxygens (including phenoxy) is 3. The maximum atomic E-state index is 12.5. The van der Waals surface area contributed by atoms with E-state index in [-0.39, 0.29) is 18.5 Å². The predicted molar refractivity (Wildman–Crippen MR) is 125 cm³/mol. The molecule has 3 aromatic rings. The summed E-state index contributed by atoms with van der Waals surface area (Å²) in [4.78, 5) is 21.3. The first-order valence-corrected chi connectivity index (χ1v) is 10.6. The predicted octanol–water partition coefficient (Wildman–Crippen LogP) is 3.68. The molecule has 176 valence electrons. The summed E-state index contributed by atoms with van der Waals surface area (Å²) >= 11 is 6.31. The average molecular weight is 475 g/mol. The summed E-state index contributed by atoms with van der Waals surface area (Å²) in [5.74, 6) is 0.396. The maximum Gasteiger partial charge on any atom is 0.255 e. The standard InChI is InChI=1S/C22H27ClN6O4/c1-13(2)29-9-8-17(28-29)20-16(23)11-25-22(27-20)26-14-6-7-15(18(10-14)31-3)21(30)24-12-19(32-4)33-5/h6-11,13,19H,12H2,1-5H3,(H,24,30)(H,25,26,27). The van der Waals surface area contributed by atoms with Crippen molar-refractivity contribution in [1.29, 1.82) is 0 Å². The summed E-state index contributed by atoms with van der Waals surface area (Å²) in [5, 5.41) is 10.8. The lowest BCUT2D eigenvalue weighted by Gasteiger charge is -2.15. The van der Waals surface area contributed by atoms with Crippen LogP contribution in [0.2, 0.25) is 5.02 Å². The molecule has 11 heteroatoms. The summed E-state index contributed by atoms with van der Waals surface area (Å²) in [5.41, 5.74) is 2.17. The number of amides is 1. The Bertz CT molecular complexity index is 1100. The molecule has 0 bridgehead atoms. The van der Waals surface area contributed by atoms with Crippen molar-refractivity contribution >= 4 is 29.1 Å². The molecule has 0 aliphatic carbocycles. The number of rotatable bonds is 10. The molecule has 0 aliphatic rings. The third-order valence-electron chi connectivity index (χ3n) is 4.78. The van der Waals surface area contributed by atoms with E-state index in [2.05, 4.69) is 25.7 Å². The number of hydrogen-bond donors (Lipinski definition) is 2. The van der Waals surface area contributed by atoms with Gasteiger partial charge in [-0.25, -0.2) is 9.97 Å². The minimum absolute atomic E-state index is 0.197. The highest BCUT2D eigenvalue weighted by atomic mass is 35.5. The minimum Gasteiger partial charge on any atom is -0.496 e. The molecule has 33 heavy (non-hydrogen) atoms. The Morgan fingerprint density at radius 2 is 1.94 bits per heavy atom. The highest BCUT2D eigenvalue weighted by Crippen LogP contribution is 2.28. The molecule has 0 fully saturated rings. The molecule has 0 saturated carbocycles. The quantitative estimate of drug-likeness (QED) is 0.428. The van der Waals surface area contributed by atoms with E-state index >= 15 is 0 Å². The Hall–Kier alpha value is -3.21. The second-order valence-corrected chi connectivity index (χ2v) is 7.72. The molecule has 3 rings (SSSR count). The van der Waals surface area contributed by atoms with Crippen LogP contribution in [-0.4, -0.2) is 59.8 Å². The lowest BCUT2D eigenvalue weighted by molar-refractivity contribution is -0.0974. The van der Waals surface area contributed by atoms with Crippen molar-refractivity contribution in [3.8, 4) is 17.1 Å². The molecule has 1 aromatic carbocycles. The molecule has 0 unspecified atom stereocenters. The van der Waals surface area contributed by atoms with Gasteiger partial charge < -0.3 is 24.8 Å². The van der Waals surface area contributed by atoms with E-state index in [1.165, 1.54) is 27.5 Å².